The number of hydrogen-bond donors (Lipinski definition) is 1. The fourth-order valence-electron chi connectivity index (χ4n) is 1.18. The third-order valence-electron chi connectivity index (χ3n) is 2.06. The molecular weight excluding hydrogens is 220 g/mol. The second kappa shape index (κ2) is 5.83. The third-order valence-corrected chi connectivity index (χ3v) is 3.25. The summed E-state index contributed by atoms with van der Waals surface area (Å²) in [7, 11) is 0. The molecule has 0 saturated carbocycles. The summed E-state index contributed by atoms with van der Waals surface area (Å²) in [5.41, 5.74) is 0.521. The van der Waals surface area contributed by atoms with Gasteiger partial charge in [-0.25, -0.2) is 9.97 Å². The minimum atomic E-state index is -0.520. The van der Waals surface area contributed by atoms with Crippen molar-refractivity contribution in [3.05, 3.63) is 18.0 Å². The molecule has 5 heteroatoms. The van der Waals surface area contributed by atoms with Crippen LogP contribution in [0.3, 0.4) is 0 Å². The van der Waals surface area contributed by atoms with Gasteiger partial charge < -0.3 is 0 Å². The summed E-state index contributed by atoms with van der Waals surface area (Å²) >= 11 is 1.49. The molecule has 1 unspecified atom stereocenters. The quantitative estimate of drug-likeness (QED) is 0.623. The first-order valence-corrected chi connectivity index (χ1v) is 6.16. The molecule has 0 fully saturated rings. The highest BCUT2D eigenvalue weighted by molar-refractivity contribution is 7.99. The zero-order valence-corrected chi connectivity index (χ0v) is 10.6. The maximum absolute atomic E-state index is 9.07. The molecule has 86 valence electrons. The number of hydrogen-bond acceptors (Lipinski definition) is 5. The number of nitriles is 1. The average Bonchev–Trinajstić information content (AvgIpc) is 2.29. The van der Waals surface area contributed by atoms with Crippen LogP contribution in [-0.2, 0) is 0 Å². The molecule has 0 aromatic carbocycles. The third kappa shape index (κ3) is 3.80. The Labute approximate surface area is 100 Å². The van der Waals surface area contributed by atoms with Crippen LogP contribution >= 0.6 is 11.8 Å². The van der Waals surface area contributed by atoms with Crippen molar-refractivity contribution >= 4 is 11.8 Å². The zero-order valence-electron chi connectivity index (χ0n) is 9.82. The van der Waals surface area contributed by atoms with E-state index in [0.717, 1.165) is 12.1 Å². The van der Waals surface area contributed by atoms with E-state index in [1.807, 2.05) is 20.8 Å². The standard InChI is InChI=1S/C11H16N4S/c1-4-15-11(3,7-12)8-16-10-13-5-9(2)6-14-10/h5-6,15H,4,8H2,1-3H3. The van der Waals surface area contributed by atoms with Gasteiger partial charge in [-0.05, 0) is 26.0 Å². The number of thioether (sulfide) groups is 1. The van der Waals surface area contributed by atoms with Crippen LogP contribution in [0.15, 0.2) is 17.6 Å². The second-order valence-corrected chi connectivity index (χ2v) is 4.75. The van der Waals surface area contributed by atoms with Crippen LogP contribution in [0, 0.1) is 18.3 Å². The summed E-state index contributed by atoms with van der Waals surface area (Å²) in [5.74, 6) is 0.639. The fraction of sp³-hybridized carbons (Fsp3) is 0.545. The molecule has 0 aliphatic rings. The van der Waals surface area contributed by atoms with E-state index in [2.05, 4.69) is 21.4 Å². The molecule has 1 aromatic heterocycles. The van der Waals surface area contributed by atoms with Crippen LogP contribution in [0.5, 0.6) is 0 Å². The molecule has 1 rings (SSSR count). The molecule has 4 nitrogen and oxygen atoms in total. The van der Waals surface area contributed by atoms with Gasteiger partial charge in [-0.15, -0.1) is 0 Å². The van der Waals surface area contributed by atoms with Crippen LogP contribution in [0.4, 0.5) is 0 Å². The molecule has 1 atom stereocenters. The molecule has 0 aliphatic heterocycles. The van der Waals surface area contributed by atoms with Crippen molar-refractivity contribution in [1.82, 2.24) is 15.3 Å². The van der Waals surface area contributed by atoms with Gasteiger partial charge in [-0.2, -0.15) is 5.26 Å². The first kappa shape index (κ1) is 12.9. The maximum Gasteiger partial charge on any atom is 0.187 e. The predicted molar refractivity (Wildman–Crippen MR) is 65.2 cm³/mol. The second-order valence-electron chi connectivity index (χ2n) is 3.81. The number of aryl methyl sites for hydroxylation is 1. The first-order valence-electron chi connectivity index (χ1n) is 5.17. The van der Waals surface area contributed by atoms with Crippen LogP contribution in [0.1, 0.15) is 19.4 Å². The van der Waals surface area contributed by atoms with Gasteiger partial charge in [-0.3, -0.25) is 5.32 Å². The monoisotopic (exact) mass is 236 g/mol. The lowest BCUT2D eigenvalue weighted by molar-refractivity contribution is 0.511. The molecule has 0 amide bonds. The van der Waals surface area contributed by atoms with Gasteiger partial charge in [0.2, 0.25) is 0 Å². The van der Waals surface area contributed by atoms with Crippen LogP contribution in [0.25, 0.3) is 0 Å². The van der Waals surface area contributed by atoms with Gasteiger partial charge in [0.25, 0.3) is 0 Å². The van der Waals surface area contributed by atoms with E-state index in [9.17, 15) is 0 Å². The lowest BCUT2D eigenvalue weighted by atomic mass is 10.1. The van der Waals surface area contributed by atoms with Gasteiger partial charge in [0.1, 0.15) is 5.54 Å². The van der Waals surface area contributed by atoms with Gasteiger partial charge in [0, 0.05) is 18.1 Å². The lowest BCUT2D eigenvalue weighted by Gasteiger charge is -2.21. The minimum absolute atomic E-state index is 0.520. The summed E-state index contributed by atoms with van der Waals surface area (Å²) in [6.07, 6.45) is 3.57. The maximum atomic E-state index is 9.07. The van der Waals surface area contributed by atoms with E-state index in [1.165, 1.54) is 11.8 Å². The summed E-state index contributed by atoms with van der Waals surface area (Å²) in [4.78, 5) is 8.38. The van der Waals surface area contributed by atoms with Gasteiger partial charge in [-0.1, -0.05) is 18.7 Å². The molecule has 1 aromatic rings. The van der Waals surface area contributed by atoms with E-state index in [1.54, 1.807) is 12.4 Å². The Morgan fingerprint density at radius 2 is 2.12 bits per heavy atom. The van der Waals surface area contributed by atoms with Gasteiger partial charge >= 0.3 is 0 Å². The number of nitrogens with zero attached hydrogens (tertiary/aromatic N) is 3. The van der Waals surface area contributed by atoms with Crippen molar-refractivity contribution in [3.8, 4) is 6.07 Å². The van der Waals surface area contributed by atoms with Crippen molar-refractivity contribution < 1.29 is 0 Å². The molecule has 0 bridgehead atoms. The summed E-state index contributed by atoms with van der Waals surface area (Å²) < 4.78 is 0. The minimum Gasteiger partial charge on any atom is -0.299 e. The Kier molecular flexibility index (Phi) is 4.71. The highest BCUT2D eigenvalue weighted by Gasteiger charge is 2.22. The van der Waals surface area contributed by atoms with Crippen molar-refractivity contribution in [2.75, 3.05) is 12.3 Å². The zero-order chi connectivity index (χ0) is 12.0. The molecule has 0 radical (unpaired) electrons. The summed E-state index contributed by atoms with van der Waals surface area (Å²) in [6.45, 7) is 6.60. The Morgan fingerprint density at radius 3 is 2.62 bits per heavy atom. The van der Waals surface area contributed by atoms with Crippen molar-refractivity contribution in [2.24, 2.45) is 0 Å². The van der Waals surface area contributed by atoms with Crippen molar-refractivity contribution in [2.45, 2.75) is 31.5 Å². The first-order chi connectivity index (χ1) is 7.59. The number of nitrogens with one attached hydrogen (secondary N) is 1. The topological polar surface area (TPSA) is 61.6 Å². The van der Waals surface area contributed by atoms with Crippen molar-refractivity contribution in [3.63, 3.8) is 0 Å². The van der Waals surface area contributed by atoms with Crippen LogP contribution < -0.4 is 5.32 Å². The number of aromatic nitrogens is 2. The Hall–Kier alpha value is -1.12. The Morgan fingerprint density at radius 1 is 1.50 bits per heavy atom. The van der Waals surface area contributed by atoms with E-state index < -0.39 is 5.54 Å². The molecule has 16 heavy (non-hydrogen) atoms. The summed E-state index contributed by atoms with van der Waals surface area (Å²) in [6, 6.07) is 2.27. The van der Waals surface area contributed by atoms with E-state index >= 15 is 0 Å². The van der Waals surface area contributed by atoms with Gasteiger partial charge in [0.15, 0.2) is 5.16 Å². The predicted octanol–water partition coefficient (Wildman–Crippen LogP) is 1.77. The SMILES string of the molecule is CCNC(C)(C#N)CSc1ncc(C)cn1. The van der Waals surface area contributed by atoms with Crippen LogP contribution in [0.2, 0.25) is 0 Å². The van der Waals surface area contributed by atoms with Gasteiger partial charge in [0.05, 0.1) is 6.07 Å². The normalized spacial score (nSPS) is 14.1. The highest BCUT2D eigenvalue weighted by atomic mass is 32.2. The largest absolute Gasteiger partial charge is 0.299 e. The number of rotatable bonds is 5. The molecule has 0 spiro atoms. The molecule has 0 saturated heterocycles. The van der Waals surface area contributed by atoms with Crippen molar-refractivity contribution in [1.29, 1.82) is 5.26 Å². The van der Waals surface area contributed by atoms with E-state index in [-0.39, 0.29) is 0 Å². The van der Waals surface area contributed by atoms with E-state index in [0.29, 0.717) is 10.9 Å². The fourth-order valence-corrected chi connectivity index (χ4v) is 2.02. The average molecular weight is 236 g/mol. The molecule has 1 heterocycles. The van der Waals surface area contributed by atoms with E-state index in [4.69, 9.17) is 5.26 Å². The molecule has 0 aliphatic carbocycles. The lowest BCUT2D eigenvalue weighted by Crippen LogP contribution is -2.43. The van der Waals surface area contributed by atoms with Crippen LogP contribution in [-0.4, -0.2) is 27.8 Å². The molecule has 1 N–H and O–H groups in total. The Balaban J connectivity index is 2.56. The Bertz CT molecular complexity index is 371. The highest BCUT2D eigenvalue weighted by Crippen LogP contribution is 2.18. The summed E-state index contributed by atoms with van der Waals surface area (Å²) in [5, 5.41) is 12.9. The smallest absolute Gasteiger partial charge is 0.187 e. The molecular formula is C11H16N4S.